The lowest BCUT2D eigenvalue weighted by Gasteiger charge is -2.16. The molecule has 0 atom stereocenters. The SMILES string of the molecule is CN=C(NCc1cccc(OC(F)F)c1)NCc1cc(OC)c(OC)c(OC)c1.I. The summed E-state index contributed by atoms with van der Waals surface area (Å²) in [6.45, 7) is -2.02. The largest absolute Gasteiger partial charge is 0.493 e. The molecule has 2 aromatic rings. The van der Waals surface area contributed by atoms with Crippen molar-refractivity contribution >= 4 is 29.9 Å². The molecule has 0 spiro atoms. The number of nitrogens with zero attached hydrogens (tertiary/aromatic N) is 1. The van der Waals surface area contributed by atoms with Gasteiger partial charge in [0.1, 0.15) is 5.75 Å². The molecule has 0 heterocycles. The van der Waals surface area contributed by atoms with E-state index in [0.717, 1.165) is 11.1 Å². The molecule has 0 radical (unpaired) electrons. The van der Waals surface area contributed by atoms with Crippen molar-refractivity contribution in [3.8, 4) is 23.0 Å². The van der Waals surface area contributed by atoms with Crippen molar-refractivity contribution in [3.63, 3.8) is 0 Å². The maximum Gasteiger partial charge on any atom is 0.387 e. The summed E-state index contributed by atoms with van der Waals surface area (Å²) in [5.41, 5.74) is 1.67. The van der Waals surface area contributed by atoms with Crippen LogP contribution in [0.4, 0.5) is 8.78 Å². The summed E-state index contributed by atoms with van der Waals surface area (Å²) >= 11 is 0. The molecular formula is C20H26F2IN3O4. The number of rotatable bonds is 9. The van der Waals surface area contributed by atoms with Gasteiger partial charge in [-0.3, -0.25) is 4.99 Å². The summed E-state index contributed by atoms with van der Waals surface area (Å²) in [6, 6.07) is 10.2. The second-order valence-electron chi connectivity index (χ2n) is 5.84. The van der Waals surface area contributed by atoms with Gasteiger partial charge in [-0.05, 0) is 35.4 Å². The van der Waals surface area contributed by atoms with Gasteiger partial charge < -0.3 is 29.6 Å². The Morgan fingerprint density at radius 2 is 1.53 bits per heavy atom. The molecule has 0 unspecified atom stereocenters. The molecule has 10 heteroatoms. The highest BCUT2D eigenvalue weighted by Crippen LogP contribution is 2.38. The standard InChI is InChI=1S/C20H25F2N3O4.HI/c1-23-20(24-11-13-6-5-7-15(8-13)29-19(21)22)25-12-14-9-16(26-2)18(28-4)17(10-14)27-3;/h5-10,19H,11-12H2,1-4H3,(H2,23,24,25);1H. The van der Waals surface area contributed by atoms with Crippen LogP contribution in [0.15, 0.2) is 41.4 Å². The molecule has 7 nitrogen and oxygen atoms in total. The van der Waals surface area contributed by atoms with Gasteiger partial charge in [0.05, 0.1) is 21.3 Å². The van der Waals surface area contributed by atoms with Crippen LogP contribution in [0.5, 0.6) is 23.0 Å². The summed E-state index contributed by atoms with van der Waals surface area (Å²) in [7, 11) is 6.30. The molecule has 0 amide bonds. The van der Waals surface area contributed by atoms with Crippen LogP contribution in [0.2, 0.25) is 0 Å². The Morgan fingerprint density at radius 1 is 0.933 bits per heavy atom. The minimum Gasteiger partial charge on any atom is -0.493 e. The maximum atomic E-state index is 12.3. The van der Waals surface area contributed by atoms with Crippen molar-refractivity contribution < 1.29 is 27.7 Å². The van der Waals surface area contributed by atoms with Crippen LogP contribution in [0, 0.1) is 0 Å². The van der Waals surface area contributed by atoms with E-state index in [9.17, 15) is 8.78 Å². The Bertz CT molecular complexity index is 812. The van der Waals surface area contributed by atoms with Gasteiger partial charge in [-0.1, -0.05) is 12.1 Å². The maximum absolute atomic E-state index is 12.3. The second-order valence-corrected chi connectivity index (χ2v) is 5.84. The molecule has 0 fully saturated rings. The molecule has 30 heavy (non-hydrogen) atoms. The number of nitrogens with one attached hydrogen (secondary N) is 2. The number of hydrogen-bond acceptors (Lipinski definition) is 5. The van der Waals surface area contributed by atoms with Gasteiger partial charge in [-0.25, -0.2) is 0 Å². The molecule has 0 aromatic heterocycles. The average Bonchev–Trinajstić information content (AvgIpc) is 2.72. The molecule has 2 rings (SSSR count). The number of ether oxygens (including phenoxy) is 4. The summed E-state index contributed by atoms with van der Waals surface area (Å²) < 4.78 is 45.1. The number of halogens is 3. The fourth-order valence-electron chi connectivity index (χ4n) is 2.66. The summed E-state index contributed by atoms with van der Waals surface area (Å²) in [4.78, 5) is 4.16. The van der Waals surface area contributed by atoms with Crippen molar-refractivity contribution in [2.24, 2.45) is 4.99 Å². The third-order valence-electron chi connectivity index (χ3n) is 3.99. The van der Waals surface area contributed by atoms with E-state index >= 15 is 0 Å². The predicted molar refractivity (Wildman–Crippen MR) is 122 cm³/mol. The normalized spacial score (nSPS) is 10.8. The van der Waals surface area contributed by atoms with Gasteiger partial charge in [0.25, 0.3) is 0 Å². The molecule has 0 aliphatic carbocycles. The van der Waals surface area contributed by atoms with Gasteiger partial charge >= 0.3 is 6.61 Å². The van der Waals surface area contributed by atoms with E-state index in [1.54, 1.807) is 46.6 Å². The van der Waals surface area contributed by atoms with E-state index in [0.29, 0.717) is 36.3 Å². The van der Waals surface area contributed by atoms with Crippen LogP contribution < -0.4 is 29.6 Å². The van der Waals surface area contributed by atoms with E-state index in [2.05, 4.69) is 20.4 Å². The van der Waals surface area contributed by atoms with E-state index in [-0.39, 0.29) is 29.7 Å². The third kappa shape index (κ3) is 7.39. The first-order valence-corrected chi connectivity index (χ1v) is 8.77. The zero-order chi connectivity index (χ0) is 21.2. The number of guanidine groups is 1. The summed E-state index contributed by atoms with van der Waals surface area (Å²) in [5.74, 6) is 2.29. The first-order valence-electron chi connectivity index (χ1n) is 8.77. The third-order valence-corrected chi connectivity index (χ3v) is 3.99. The van der Waals surface area contributed by atoms with E-state index in [1.807, 2.05) is 12.1 Å². The molecule has 166 valence electrons. The van der Waals surface area contributed by atoms with Crippen LogP contribution in [0.1, 0.15) is 11.1 Å². The first kappa shape index (κ1) is 25.5. The molecule has 2 N–H and O–H groups in total. The molecule has 2 aromatic carbocycles. The molecule has 0 saturated carbocycles. The van der Waals surface area contributed by atoms with Crippen molar-refractivity contribution in [2.75, 3.05) is 28.4 Å². The number of hydrogen-bond donors (Lipinski definition) is 2. The highest BCUT2D eigenvalue weighted by Gasteiger charge is 2.13. The van der Waals surface area contributed by atoms with Crippen LogP contribution >= 0.6 is 24.0 Å². The molecular weight excluding hydrogens is 511 g/mol. The minimum absolute atomic E-state index is 0. The number of alkyl halides is 2. The van der Waals surface area contributed by atoms with E-state index < -0.39 is 6.61 Å². The molecule has 0 bridgehead atoms. The second kappa shape index (κ2) is 12.9. The molecule has 0 saturated heterocycles. The van der Waals surface area contributed by atoms with Crippen molar-refractivity contribution in [3.05, 3.63) is 47.5 Å². The Balaban J connectivity index is 0.00000450. The number of methoxy groups -OCH3 is 3. The zero-order valence-electron chi connectivity index (χ0n) is 17.2. The van der Waals surface area contributed by atoms with Crippen LogP contribution in [0.25, 0.3) is 0 Å². The van der Waals surface area contributed by atoms with E-state index in [4.69, 9.17) is 14.2 Å². The Morgan fingerprint density at radius 3 is 2.03 bits per heavy atom. The first-order chi connectivity index (χ1) is 14.0. The van der Waals surface area contributed by atoms with Gasteiger partial charge in [0.15, 0.2) is 17.5 Å². The van der Waals surface area contributed by atoms with Crippen LogP contribution in [0.3, 0.4) is 0 Å². The average molecular weight is 537 g/mol. The monoisotopic (exact) mass is 537 g/mol. The Kier molecular flexibility index (Phi) is 11.0. The lowest BCUT2D eigenvalue weighted by molar-refractivity contribution is -0.0498. The van der Waals surface area contributed by atoms with Crippen LogP contribution in [-0.4, -0.2) is 40.9 Å². The fraction of sp³-hybridized carbons (Fsp3) is 0.350. The smallest absolute Gasteiger partial charge is 0.387 e. The number of aliphatic imine (C=N–C) groups is 1. The minimum atomic E-state index is -2.86. The fourth-order valence-corrected chi connectivity index (χ4v) is 2.66. The lowest BCUT2D eigenvalue weighted by Crippen LogP contribution is -2.36. The van der Waals surface area contributed by atoms with Crippen LogP contribution in [-0.2, 0) is 13.1 Å². The summed E-state index contributed by atoms with van der Waals surface area (Å²) in [5, 5.41) is 6.30. The van der Waals surface area contributed by atoms with E-state index in [1.165, 1.54) is 6.07 Å². The molecule has 0 aliphatic rings. The predicted octanol–water partition coefficient (Wildman–Crippen LogP) is 3.80. The van der Waals surface area contributed by atoms with Crippen molar-refractivity contribution in [1.29, 1.82) is 0 Å². The highest BCUT2D eigenvalue weighted by atomic mass is 127. The number of benzene rings is 2. The molecule has 0 aliphatic heterocycles. The Labute approximate surface area is 191 Å². The topological polar surface area (TPSA) is 73.3 Å². The van der Waals surface area contributed by atoms with Gasteiger partial charge in [-0.15, -0.1) is 24.0 Å². The van der Waals surface area contributed by atoms with Crippen molar-refractivity contribution in [1.82, 2.24) is 10.6 Å². The van der Waals surface area contributed by atoms with Gasteiger partial charge in [-0.2, -0.15) is 8.78 Å². The van der Waals surface area contributed by atoms with Gasteiger partial charge in [0.2, 0.25) is 5.75 Å². The lowest BCUT2D eigenvalue weighted by atomic mass is 10.2. The highest BCUT2D eigenvalue weighted by molar-refractivity contribution is 14.0. The van der Waals surface area contributed by atoms with Gasteiger partial charge in [0, 0.05) is 20.1 Å². The summed E-state index contributed by atoms with van der Waals surface area (Å²) in [6.07, 6.45) is 0. The quantitative estimate of drug-likeness (QED) is 0.288. The van der Waals surface area contributed by atoms with Crippen molar-refractivity contribution in [2.45, 2.75) is 19.7 Å². The Hall–Kier alpha value is -2.50. The zero-order valence-corrected chi connectivity index (χ0v) is 19.5.